The first-order chi connectivity index (χ1) is 52.2. The summed E-state index contributed by atoms with van der Waals surface area (Å²) in [5.74, 6) is -1.58. The Morgan fingerprint density at radius 3 is 0.785 bits per heavy atom. The Labute approximate surface area is 651 Å². The van der Waals surface area contributed by atoms with Crippen molar-refractivity contribution >= 4 is 33.6 Å². The van der Waals surface area contributed by atoms with Crippen molar-refractivity contribution in [2.24, 2.45) is 0 Å². The number of hydrogen-bond acceptors (Lipinski definition) is 14. The number of aliphatic hydroxyl groups excluding tert-OH is 2. The molecule has 0 aliphatic carbocycles. The van der Waals surface area contributed by atoms with Crippen molar-refractivity contribution in [3.63, 3.8) is 0 Å². The second-order valence-corrected chi connectivity index (χ2v) is 30.8. The van der Waals surface area contributed by atoms with Gasteiger partial charge in [0.25, 0.3) is 0 Å². The van der Waals surface area contributed by atoms with Gasteiger partial charge in [0.1, 0.15) is 25.4 Å². The summed E-state index contributed by atoms with van der Waals surface area (Å²) in [6.07, 6.45) is 101. The van der Waals surface area contributed by atoms with Crippen LogP contribution in [0, 0.1) is 0 Å². The molecule has 0 saturated heterocycles. The lowest BCUT2D eigenvalue weighted by Crippen LogP contribution is -2.30. The molecule has 0 aromatic carbocycles. The minimum atomic E-state index is -4.93. The molecule has 0 heterocycles. The third-order valence-electron chi connectivity index (χ3n) is 17.6. The minimum Gasteiger partial charge on any atom is -0.463 e. The number of phosphoric acid groups is 2. The first-order valence-electron chi connectivity index (χ1n) is 42.1. The Morgan fingerprint density at radius 1 is 0.271 bits per heavy atom. The zero-order chi connectivity index (χ0) is 78.0. The van der Waals surface area contributed by atoms with Gasteiger partial charge in [-0.2, -0.15) is 0 Å². The number of unbranched alkanes of at least 4 members (excludes halogenated alkanes) is 32. The standard InChI is InChI=1S/C89H152O16P2/c1-4-7-10-13-16-19-22-24-26-28-30-32-34-36-38-39-40-41-42-43-45-47-48-50-52-54-56-58-61-63-66-69-72-75-87(92)99-78-84(90)79-101-106(95,96)102-80-85(91)81-103-107(97,98)104-83-86(105-89(94)77-74-71-68-65-60-21-18-15-12-9-6-3)82-100-88(93)76-73-70-67-64-62-59-57-55-53-51-49-46-44-37-35-33-31-29-27-25-23-20-17-14-11-8-5-2/h7-8,10-11,16-17,19-20,24-27,30-33,36-38,40-41,44,49,51,84-86,90-91H,4-6,9,12-15,18,21-23,28-29,34-35,39,42-43,45-48,50,52-83H2,1-3H3,(H,95,96)(H,97,98)/b10-7-,11-8-,19-16-,20-17-,26-24-,27-25-,32-30-,33-31-,38-36-,41-40-,44-37-,51-49-. The van der Waals surface area contributed by atoms with Crippen LogP contribution >= 0.6 is 15.6 Å². The summed E-state index contributed by atoms with van der Waals surface area (Å²) in [5, 5.41) is 20.7. The summed E-state index contributed by atoms with van der Waals surface area (Å²) in [6, 6.07) is 0. The molecule has 0 aromatic rings. The molecule has 0 amide bonds. The Morgan fingerprint density at radius 2 is 0.495 bits per heavy atom. The Balaban J connectivity index is 4.40. The molecule has 16 nitrogen and oxygen atoms in total. The van der Waals surface area contributed by atoms with E-state index in [0.717, 1.165) is 161 Å². The van der Waals surface area contributed by atoms with Crippen LogP contribution in [0.2, 0.25) is 0 Å². The third-order valence-corrected chi connectivity index (χ3v) is 19.5. The fourth-order valence-electron chi connectivity index (χ4n) is 11.2. The number of ether oxygens (including phenoxy) is 3. The zero-order valence-electron chi connectivity index (χ0n) is 67.3. The van der Waals surface area contributed by atoms with Crippen LogP contribution in [0.25, 0.3) is 0 Å². The molecular formula is C89H152O16P2. The van der Waals surface area contributed by atoms with Crippen LogP contribution in [0.15, 0.2) is 146 Å². The SMILES string of the molecule is CC/C=C\C/C=C\C/C=C\C/C=C\C/C=C\C/C=C\CCCCCCCCCCCCCCCCC(=O)OCC(O)COP(=O)(O)OCC(O)COP(=O)(O)OCC(COC(=O)CCCCCCCCCC/C=C\C/C=C\C/C=C\C/C=C\C/C=C\C/C=C\CC)OC(=O)CCCCCCCCCCCCC. The van der Waals surface area contributed by atoms with Crippen molar-refractivity contribution in [2.75, 3.05) is 39.6 Å². The molecule has 0 aromatic heterocycles. The second kappa shape index (κ2) is 80.9. The molecule has 4 N–H and O–H groups in total. The summed E-state index contributed by atoms with van der Waals surface area (Å²) < 4.78 is 61.2. The van der Waals surface area contributed by atoms with Crippen molar-refractivity contribution in [1.82, 2.24) is 0 Å². The maximum atomic E-state index is 12.9. The van der Waals surface area contributed by atoms with Gasteiger partial charge < -0.3 is 34.2 Å². The molecule has 0 spiro atoms. The molecule has 0 aliphatic heterocycles. The highest BCUT2D eigenvalue weighted by Crippen LogP contribution is 2.45. The lowest BCUT2D eigenvalue weighted by Gasteiger charge is -2.21. The van der Waals surface area contributed by atoms with Crippen LogP contribution in [-0.4, -0.2) is 95.9 Å². The van der Waals surface area contributed by atoms with Crippen LogP contribution in [-0.2, 0) is 55.8 Å². The van der Waals surface area contributed by atoms with Gasteiger partial charge in [-0.15, -0.1) is 0 Å². The van der Waals surface area contributed by atoms with E-state index in [1.807, 2.05) is 0 Å². The molecule has 0 fully saturated rings. The summed E-state index contributed by atoms with van der Waals surface area (Å²) in [7, 11) is -9.79. The molecule has 614 valence electrons. The molecule has 5 atom stereocenters. The fraction of sp³-hybridized carbons (Fsp3) is 0.697. The molecule has 107 heavy (non-hydrogen) atoms. The van der Waals surface area contributed by atoms with Crippen molar-refractivity contribution in [3.8, 4) is 0 Å². The summed E-state index contributed by atoms with van der Waals surface area (Å²) in [5.41, 5.74) is 0. The zero-order valence-corrected chi connectivity index (χ0v) is 69.1. The van der Waals surface area contributed by atoms with Gasteiger partial charge in [-0.25, -0.2) is 9.13 Å². The monoisotopic (exact) mass is 1540 g/mol. The van der Waals surface area contributed by atoms with Gasteiger partial charge in [0, 0.05) is 19.3 Å². The number of rotatable bonds is 79. The lowest BCUT2D eigenvalue weighted by molar-refractivity contribution is -0.161. The van der Waals surface area contributed by atoms with Gasteiger partial charge >= 0.3 is 33.6 Å². The van der Waals surface area contributed by atoms with E-state index in [2.05, 4.69) is 167 Å². The summed E-state index contributed by atoms with van der Waals surface area (Å²) in [6.45, 7) is 2.46. The average molecular weight is 1540 g/mol. The van der Waals surface area contributed by atoms with E-state index in [9.17, 15) is 43.5 Å². The Bertz CT molecular complexity index is 2530. The van der Waals surface area contributed by atoms with Crippen molar-refractivity contribution in [1.29, 1.82) is 0 Å². The molecule has 0 saturated carbocycles. The quantitative estimate of drug-likeness (QED) is 0.0146. The van der Waals surface area contributed by atoms with Crippen LogP contribution in [0.1, 0.15) is 342 Å². The van der Waals surface area contributed by atoms with E-state index < -0.39 is 91.5 Å². The number of aliphatic hydroxyl groups is 2. The van der Waals surface area contributed by atoms with E-state index in [-0.39, 0.29) is 19.3 Å². The highest BCUT2D eigenvalue weighted by molar-refractivity contribution is 7.47. The predicted octanol–water partition coefficient (Wildman–Crippen LogP) is 25.2. The van der Waals surface area contributed by atoms with Crippen molar-refractivity contribution in [2.45, 2.75) is 360 Å². The van der Waals surface area contributed by atoms with E-state index >= 15 is 0 Å². The minimum absolute atomic E-state index is 0.103. The van der Waals surface area contributed by atoms with Crippen LogP contribution in [0.3, 0.4) is 0 Å². The first kappa shape index (κ1) is 102. The number of phosphoric ester groups is 2. The highest BCUT2D eigenvalue weighted by atomic mass is 31.2. The van der Waals surface area contributed by atoms with Gasteiger partial charge in [-0.05, 0) is 122 Å². The molecule has 5 unspecified atom stereocenters. The molecular weight excluding hydrogens is 1390 g/mol. The molecule has 0 aliphatic rings. The van der Waals surface area contributed by atoms with Crippen LogP contribution < -0.4 is 0 Å². The molecule has 18 heteroatoms. The van der Waals surface area contributed by atoms with Crippen molar-refractivity contribution in [3.05, 3.63) is 146 Å². The highest BCUT2D eigenvalue weighted by Gasteiger charge is 2.29. The third kappa shape index (κ3) is 82.2. The van der Waals surface area contributed by atoms with Gasteiger partial charge in [0.05, 0.1) is 26.4 Å². The van der Waals surface area contributed by atoms with Crippen LogP contribution in [0.5, 0.6) is 0 Å². The Kier molecular flexibility index (Phi) is 77.5. The number of carbonyl (C=O) groups is 3. The first-order valence-corrected chi connectivity index (χ1v) is 45.1. The number of allylic oxidation sites excluding steroid dienone is 24. The average Bonchev–Trinajstić information content (AvgIpc) is 0.940. The lowest BCUT2D eigenvalue weighted by atomic mass is 10.0. The van der Waals surface area contributed by atoms with Gasteiger partial charge in [0.2, 0.25) is 0 Å². The summed E-state index contributed by atoms with van der Waals surface area (Å²) >= 11 is 0. The maximum absolute atomic E-state index is 12.9. The van der Waals surface area contributed by atoms with Gasteiger partial charge in [-0.3, -0.25) is 32.5 Å². The smallest absolute Gasteiger partial charge is 0.463 e. The summed E-state index contributed by atoms with van der Waals surface area (Å²) in [4.78, 5) is 58.7. The molecule has 0 radical (unpaired) electrons. The number of carbonyl (C=O) groups excluding carboxylic acids is 3. The van der Waals surface area contributed by atoms with E-state index in [0.29, 0.717) is 19.3 Å². The van der Waals surface area contributed by atoms with E-state index in [1.165, 1.54) is 122 Å². The van der Waals surface area contributed by atoms with Gasteiger partial charge in [0.15, 0.2) is 6.10 Å². The van der Waals surface area contributed by atoms with E-state index in [4.69, 9.17) is 32.3 Å². The molecule has 0 bridgehead atoms. The second-order valence-electron chi connectivity index (χ2n) is 27.9. The number of hydrogen-bond donors (Lipinski definition) is 4. The normalized spacial score (nSPS) is 14.6. The molecule has 0 rings (SSSR count). The number of esters is 3. The van der Waals surface area contributed by atoms with Gasteiger partial charge in [-0.1, -0.05) is 346 Å². The maximum Gasteiger partial charge on any atom is 0.472 e. The van der Waals surface area contributed by atoms with Crippen molar-refractivity contribution < 1.29 is 75.8 Å². The predicted molar refractivity (Wildman–Crippen MR) is 445 cm³/mol. The largest absolute Gasteiger partial charge is 0.472 e. The van der Waals surface area contributed by atoms with E-state index in [1.54, 1.807) is 0 Å². The Hall–Kier alpha value is -4.57. The fourth-order valence-corrected chi connectivity index (χ4v) is 12.8. The van der Waals surface area contributed by atoms with Crippen LogP contribution in [0.4, 0.5) is 0 Å². The topological polar surface area (TPSA) is 231 Å².